The fourth-order valence-corrected chi connectivity index (χ4v) is 5.48. The van der Waals surface area contributed by atoms with Crippen molar-refractivity contribution in [2.24, 2.45) is 5.92 Å². The van der Waals surface area contributed by atoms with Gasteiger partial charge in [-0.2, -0.15) is 5.10 Å². The molecule has 7 nitrogen and oxygen atoms in total. The molecule has 214 valence electrons. The minimum atomic E-state index is 0.659. The lowest BCUT2D eigenvalue weighted by atomic mass is 9.93. The maximum atomic E-state index is 4.70. The molecule has 0 spiro atoms. The molecule has 4 aromatic rings. The van der Waals surface area contributed by atoms with Crippen LogP contribution in [-0.2, 0) is 0 Å². The molecule has 7 heteroatoms. The normalized spacial score (nSPS) is 15.8. The fraction of sp³-hybridized carbons (Fsp3) is 0.229. The highest BCUT2D eigenvalue weighted by molar-refractivity contribution is 5.96. The first kappa shape index (κ1) is 28.8. The molecule has 1 fully saturated rings. The van der Waals surface area contributed by atoms with Crippen molar-refractivity contribution in [2.45, 2.75) is 33.1 Å². The quantitative estimate of drug-likeness (QED) is 0.189. The van der Waals surface area contributed by atoms with Crippen LogP contribution in [0.25, 0.3) is 45.7 Å². The number of allylic oxidation sites excluding steroid dienone is 6. The molecule has 0 unspecified atom stereocenters. The van der Waals surface area contributed by atoms with E-state index >= 15 is 0 Å². The third-order valence-electron chi connectivity index (χ3n) is 7.73. The lowest BCUT2D eigenvalue weighted by Crippen LogP contribution is -2.28. The van der Waals surface area contributed by atoms with Crippen LogP contribution in [0.3, 0.4) is 0 Å². The van der Waals surface area contributed by atoms with Crippen molar-refractivity contribution in [1.29, 1.82) is 0 Å². The molecule has 0 aromatic carbocycles. The maximum absolute atomic E-state index is 4.70. The molecule has 0 atom stereocenters. The number of pyridine rings is 2. The Kier molecular flexibility index (Phi) is 9.09. The number of piperidine rings is 1. The Morgan fingerprint density at radius 1 is 1.07 bits per heavy atom. The number of hydrogen-bond donors (Lipinski definition) is 4. The van der Waals surface area contributed by atoms with Gasteiger partial charge in [-0.25, -0.2) is 0 Å². The van der Waals surface area contributed by atoms with Crippen LogP contribution in [0, 0.1) is 5.92 Å². The molecular weight excluding hydrogens is 518 g/mol. The van der Waals surface area contributed by atoms with Gasteiger partial charge in [0.15, 0.2) is 0 Å². The second kappa shape index (κ2) is 13.3. The number of hydrogen-bond acceptors (Lipinski definition) is 5. The van der Waals surface area contributed by atoms with Gasteiger partial charge in [-0.15, -0.1) is 0 Å². The van der Waals surface area contributed by atoms with Crippen LogP contribution in [0.1, 0.15) is 33.1 Å². The molecule has 0 amide bonds. The molecule has 0 radical (unpaired) electrons. The smallest absolute Gasteiger partial charge is 0.116 e. The standard InChI is InChI=1S/C35H39N7/c1-6-26(21-28(7-2)39-24(5)20-25-9-14-36-15-10-25)23(4)19-29-31(8-3)41-42-35(29)33-22-30-32(40-33)13-18-38-34(30)27-11-16-37-17-12-27/h6-8,11-13,16-19,21-22,25,36,39-41H,2,4-5,9-10,14-15,20H2,1,3H3/b26-6+,28-21+,29-19+,31-8+. The van der Waals surface area contributed by atoms with Crippen molar-refractivity contribution in [1.82, 2.24) is 35.8 Å². The third kappa shape index (κ3) is 6.42. The second-order valence-corrected chi connectivity index (χ2v) is 10.6. The zero-order valence-electron chi connectivity index (χ0n) is 24.5. The highest BCUT2D eigenvalue weighted by Gasteiger charge is 2.15. The first-order chi connectivity index (χ1) is 20.5. The molecule has 42 heavy (non-hydrogen) atoms. The number of aromatic amines is 2. The predicted octanol–water partition coefficient (Wildman–Crippen LogP) is 5.66. The van der Waals surface area contributed by atoms with Gasteiger partial charge in [-0.3, -0.25) is 15.1 Å². The topological polar surface area (TPSA) is 94.3 Å². The van der Waals surface area contributed by atoms with Crippen molar-refractivity contribution < 1.29 is 0 Å². The summed E-state index contributed by atoms with van der Waals surface area (Å²) in [5.74, 6) is 0.659. The van der Waals surface area contributed by atoms with E-state index in [-0.39, 0.29) is 0 Å². The predicted molar refractivity (Wildman–Crippen MR) is 174 cm³/mol. The minimum absolute atomic E-state index is 0.659. The van der Waals surface area contributed by atoms with Crippen LogP contribution >= 0.6 is 0 Å². The van der Waals surface area contributed by atoms with Gasteiger partial charge >= 0.3 is 0 Å². The van der Waals surface area contributed by atoms with Gasteiger partial charge < -0.3 is 15.6 Å². The Hall–Kier alpha value is -4.75. The Bertz CT molecular complexity index is 1780. The average molecular weight is 558 g/mol. The van der Waals surface area contributed by atoms with Gasteiger partial charge in [-0.05, 0) is 106 Å². The third-order valence-corrected chi connectivity index (χ3v) is 7.73. The van der Waals surface area contributed by atoms with Crippen molar-refractivity contribution in [3.63, 3.8) is 0 Å². The summed E-state index contributed by atoms with van der Waals surface area (Å²) in [5.41, 5.74) is 8.39. The van der Waals surface area contributed by atoms with Crippen LogP contribution in [0.4, 0.5) is 0 Å². The molecule has 4 aromatic heterocycles. The van der Waals surface area contributed by atoms with Crippen LogP contribution in [-0.4, -0.2) is 38.2 Å². The first-order valence-corrected chi connectivity index (χ1v) is 14.5. The number of aromatic nitrogens is 5. The zero-order valence-corrected chi connectivity index (χ0v) is 24.5. The van der Waals surface area contributed by atoms with Crippen molar-refractivity contribution in [2.75, 3.05) is 13.1 Å². The summed E-state index contributed by atoms with van der Waals surface area (Å²) in [6.45, 7) is 18.9. The van der Waals surface area contributed by atoms with E-state index in [0.29, 0.717) is 5.92 Å². The Labute approximate surface area is 247 Å². The number of nitrogens with one attached hydrogen (secondary N) is 4. The number of nitrogens with zero attached hydrogens (tertiary/aromatic N) is 3. The van der Waals surface area contributed by atoms with Crippen LogP contribution < -0.4 is 21.2 Å². The van der Waals surface area contributed by atoms with E-state index in [2.05, 4.69) is 74.7 Å². The Balaban J connectivity index is 1.45. The summed E-state index contributed by atoms with van der Waals surface area (Å²) in [7, 11) is 0. The van der Waals surface area contributed by atoms with E-state index < -0.39 is 0 Å². The van der Waals surface area contributed by atoms with Gasteiger partial charge in [0.05, 0.1) is 16.7 Å². The Morgan fingerprint density at radius 2 is 1.86 bits per heavy atom. The lowest BCUT2D eigenvalue weighted by molar-refractivity contribution is 0.368. The minimum Gasteiger partial charge on any atom is -0.359 e. The summed E-state index contributed by atoms with van der Waals surface area (Å²) < 4.78 is 0. The molecule has 0 bridgehead atoms. The summed E-state index contributed by atoms with van der Waals surface area (Å²) in [6, 6.07) is 8.03. The van der Waals surface area contributed by atoms with Crippen LogP contribution in [0.2, 0.25) is 0 Å². The molecular formula is C35H39N7. The first-order valence-electron chi connectivity index (χ1n) is 14.5. The number of rotatable bonds is 10. The summed E-state index contributed by atoms with van der Waals surface area (Å²) >= 11 is 0. The lowest BCUT2D eigenvalue weighted by Gasteiger charge is -2.24. The average Bonchev–Trinajstić information content (AvgIpc) is 3.63. The van der Waals surface area contributed by atoms with Gasteiger partial charge in [-0.1, -0.05) is 31.9 Å². The second-order valence-electron chi connectivity index (χ2n) is 10.6. The van der Waals surface area contributed by atoms with Crippen molar-refractivity contribution >= 4 is 23.1 Å². The van der Waals surface area contributed by atoms with E-state index in [9.17, 15) is 0 Å². The summed E-state index contributed by atoms with van der Waals surface area (Å²) in [4.78, 5) is 12.4. The fourth-order valence-electron chi connectivity index (χ4n) is 5.48. The van der Waals surface area contributed by atoms with Gasteiger partial charge in [0.2, 0.25) is 0 Å². The van der Waals surface area contributed by atoms with Gasteiger partial charge in [0.25, 0.3) is 0 Å². The summed E-state index contributed by atoms with van der Waals surface area (Å²) in [6.07, 6.45) is 18.8. The molecule has 1 saturated heterocycles. The Morgan fingerprint density at radius 3 is 2.57 bits per heavy atom. The monoisotopic (exact) mass is 557 g/mol. The number of H-pyrrole nitrogens is 2. The molecule has 1 aliphatic rings. The summed E-state index contributed by atoms with van der Waals surface area (Å²) in [5, 5.41) is 17.7. The molecule has 4 N–H and O–H groups in total. The van der Waals surface area contributed by atoms with E-state index in [0.717, 1.165) is 86.2 Å². The molecule has 0 saturated carbocycles. The van der Waals surface area contributed by atoms with E-state index in [4.69, 9.17) is 5.10 Å². The highest BCUT2D eigenvalue weighted by Crippen LogP contribution is 2.29. The zero-order chi connectivity index (χ0) is 29.5. The van der Waals surface area contributed by atoms with E-state index in [1.54, 1.807) is 12.4 Å². The SMILES string of the molecule is C=C/C(=C\C(=C/C)C(=C)/C=c1/c(-c2cc3c(-c4ccncc4)nccc3[nH]2)n[nH]/c1=C/C)NC(=C)CC1CCNCC1. The van der Waals surface area contributed by atoms with Gasteiger partial charge in [0.1, 0.15) is 5.69 Å². The molecule has 0 aliphatic carbocycles. The molecule has 5 heterocycles. The van der Waals surface area contributed by atoms with Crippen LogP contribution in [0.5, 0.6) is 0 Å². The largest absolute Gasteiger partial charge is 0.359 e. The van der Waals surface area contributed by atoms with Crippen molar-refractivity contribution in [3.8, 4) is 22.6 Å². The van der Waals surface area contributed by atoms with Crippen LogP contribution in [0.15, 0.2) is 103 Å². The van der Waals surface area contributed by atoms with Crippen molar-refractivity contribution in [3.05, 3.63) is 114 Å². The molecule has 5 rings (SSSR count). The van der Waals surface area contributed by atoms with E-state index in [1.807, 2.05) is 50.4 Å². The maximum Gasteiger partial charge on any atom is 0.116 e. The van der Waals surface area contributed by atoms with Gasteiger partial charge in [0, 0.05) is 51.7 Å². The molecule has 1 aliphatic heterocycles. The highest BCUT2D eigenvalue weighted by atomic mass is 15.1. The van der Waals surface area contributed by atoms with E-state index in [1.165, 1.54) is 12.8 Å². The number of fused-ring (bicyclic) bond motifs is 1.